The highest BCUT2D eigenvalue weighted by Crippen LogP contribution is 2.36. The maximum absolute atomic E-state index is 8.80. The number of aliphatic hydroxyl groups excluding tert-OH is 1. The molecule has 19 heavy (non-hydrogen) atoms. The van der Waals surface area contributed by atoms with Crippen LogP contribution in [0.3, 0.4) is 0 Å². The van der Waals surface area contributed by atoms with Crippen LogP contribution in [0.4, 0.5) is 0 Å². The van der Waals surface area contributed by atoms with Crippen molar-refractivity contribution in [3.8, 4) is 11.5 Å². The van der Waals surface area contributed by atoms with E-state index in [0.717, 1.165) is 30.9 Å². The van der Waals surface area contributed by atoms with E-state index in [-0.39, 0.29) is 12.6 Å². The van der Waals surface area contributed by atoms with E-state index in [1.54, 1.807) is 20.3 Å². The predicted molar refractivity (Wildman–Crippen MR) is 74.8 cm³/mol. The molecule has 1 aliphatic heterocycles. The Bertz CT molecular complexity index is 457. The summed E-state index contributed by atoms with van der Waals surface area (Å²) in [6.07, 6.45) is 5.64. The summed E-state index contributed by atoms with van der Waals surface area (Å²) in [6, 6.07) is 4.39. The number of fused-ring (bicyclic) bond motifs is 1. The summed E-state index contributed by atoms with van der Waals surface area (Å²) in [7, 11) is 3.31. The molecule has 104 valence electrons. The molecule has 0 aromatic heterocycles. The van der Waals surface area contributed by atoms with Crippen molar-refractivity contribution in [1.82, 2.24) is 5.32 Å². The molecule has 1 atom stereocenters. The number of aliphatic hydroxyl groups is 1. The topological polar surface area (TPSA) is 50.7 Å². The largest absolute Gasteiger partial charge is 0.493 e. The summed E-state index contributed by atoms with van der Waals surface area (Å²) in [4.78, 5) is 0. The number of nitrogens with one attached hydrogen (secondary N) is 1. The molecule has 1 aromatic carbocycles. The van der Waals surface area contributed by atoms with E-state index in [9.17, 15) is 0 Å². The number of methoxy groups -OCH3 is 2. The van der Waals surface area contributed by atoms with Gasteiger partial charge in [-0.1, -0.05) is 12.2 Å². The third kappa shape index (κ3) is 3.08. The Balaban J connectivity index is 2.29. The maximum Gasteiger partial charge on any atom is 0.161 e. The van der Waals surface area contributed by atoms with E-state index in [4.69, 9.17) is 14.6 Å². The second-order valence-electron chi connectivity index (χ2n) is 4.55. The molecule has 0 bridgehead atoms. The molecule has 1 aliphatic rings. The summed E-state index contributed by atoms with van der Waals surface area (Å²) >= 11 is 0. The summed E-state index contributed by atoms with van der Waals surface area (Å²) in [5.41, 5.74) is 2.56. The van der Waals surface area contributed by atoms with Crippen molar-refractivity contribution in [3.05, 3.63) is 35.4 Å². The van der Waals surface area contributed by atoms with Gasteiger partial charge in [-0.15, -0.1) is 0 Å². The van der Waals surface area contributed by atoms with Crippen molar-refractivity contribution in [2.75, 3.05) is 27.4 Å². The SMILES string of the molecule is COc1cc2c(cc1OC)C(C/C=C/CO)NCC2. The zero-order chi connectivity index (χ0) is 13.7. The van der Waals surface area contributed by atoms with E-state index in [1.807, 2.05) is 6.08 Å². The molecule has 1 unspecified atom stereocenters. The van der Waals surface area contributed by atoms with Crippen LogP contribution >= 0.6 is 0 Å². The third-order valence-corrected chi connectivity index (χ3v) is 3.45. The Morgan fingerprint density at radius 2 is 2.00 bits per heavy atom. The molecule has 0 amide bonds. The molecular formula is C15H21NO3. The maximum atomic E-state index is 8.80. The fraction of sp³-hybridized carbons (Fsp3) is 0.467. The molecule has 1 heterocycles. The predicted octanol–water partition coefficient (Wildman–Crippen LogP) is 1.83. The van der Waals surface area contributed by atoms with Crippen LogP contribution in [0.15, 0.2) is 24.3 Å². The monoisotopic (exact) mass is 263 g/mol. The molecule has 0 saturated heterocycles. The minimum absolute atomic E-state index is 0.0888. The summed E-state index contributed by atoms with van der Waals surface area (Å²) < 4.78 is 10.7. The minimum atomic E-state index is 0.0888. The van der Waals surface area contributed by atoms with Gasteiger partial charge < -0.3 is 19.9 Å². The Hall–Kier alpha value is -1.52. The van der Waals surface area contributed by atoms with Gasteiger partial charge in [-0.3, -0.25) is 0 Å². The lowest BCUT2D eigenvalue weighted by Gasteiger charge is -2.27. The molecule has 0 spiro atoms. The molecule has 4 heteroatoms. The van der Waals surface area contributed by atoms with Gasteiger partial charge in [-0.25, -0.2) is 0 Å². The molecular weight excluding hydrogens is 242 g/mol. The number of ether oxygens (including phenoxy) is 2. The second kappa shape index (κ2) is 6.59. The van der Waals surface area contributed by atoms with Gasteiger partial charge in [0.05, 0.1) is 20.8 Å². The molecule has 0 saturated carbocycles. The number of benzene rings is 1. The van der Waals surface area contributed by atoms with Crippen molar-refractivity contribution in [2.24, 2.45) is 0 Å². The summed E-state index contributed by atoms with van der Waals surface area (Å²) in [6.45, 7) is 1.05. The Labute approximate surface area is 114 Å². The summed E-state index contributed by atoms with van der Waals surface area (Å²) in [5.74, 6) is 1.55. The van der Waals surface area contributed by atoms with E-state index >= 15 is 0 Å². The van der Waals surface area contributed by atoms with Gasteiger partial charge in [0.1, 0.15) is 0 Å². The van der Waals surface area contributed by atoms with E-state index < -0.39 is 0 Å². The number of hydrogen-bond acceptors (Lipinski definition) is 4. The zero-order valence-electron chi connectivity index (χ0n) is 11.5. The van der Waals surface area contributed by atoms with Crippen LogP contribution in [0, 0.1) is 0 Å². The average molecular weight is 263 g/mol. The van der Waals surface area contributed by atoms with Crippen LogP contribution < -0.4 is 14.8 Å². The van der Waals surface area contributed by atoms with E-state index in [1.165, 1.54) is 11.1 Å². The molecule has 0 fully saturated rings. The summed E-state index contributed by atoms with van der Waals surface area (Å²) in [5, 5.41) is 12.3. The quantitative estimate of drug-likeness (QED) is 0.796. The van der Waals surface area contributed by atoms with Crippen LogP contribution in [0.25, 0.3) is 0 Å². The van der Waals surface area contributed by atoms with E-state index in [0.29, 0.717) is 0 Å². The van der Waals surface area contributed by atoms with Gasteiger partial charge in [0.2, 0.25) is 0 Å². The van der Waals surface area contributed by atoms with Crippen molar-refractivity contribution in [3.63, 3.8) is 0 Å². The smallest absolute Gasteiger partial charge is 0.161 e. The highest BCUT2D eigenvalue weighted by Gasteiger charge is 2.21. The van der Waals surface area contributed by atoms with Gasteiger partial charge in [-0.05, 0) is 42.6 Å². The second-order valence-corrected chi connectivity index (χ2v) is 4.55. The minimum Gasteiger partial charge on any atom is -0.493 e. The standard InChI is InChI=1S/C15H21NO3/c1-18-14-9-11-6-7-16-13(5-3-4-8-17)12(11)10-15(14)19-2/h3-4,9-10,13,16-17H,5-8H2,1-2H3/b4-3+. The first kappa shape index (κ1) is 13.9. The Kier molecular flexibility index (Phi) is 4.82. The third-order valence-electron chi connectivity index (χ3n) is 3.45. The average Bonchev–Trinajstić information content (AvgIpc) is 2.46. The van der Waals surface area contributed by atoms with Gasteiger partial charge in [0.15, 0.2) is 11.5 Å². The Morgan fingerprint density at radius 3 is 2.68 bits per heavy atom. The Morgan fingerprint density at radius 1 is 1.26 bits per heavy atom. The molecule has 0 radical (unpaired) electrons. The van der Waals surface area contributed by atoms with Crippen molar-refractivity contribution in [1.29, 1.82) is 0 Å². The van der Waals surface area contributed by atoms with E-state index in [2.05, 4.69) is 17.4 Å². The van der Waals surface area contributed by atoms with Gasteiger partial charge in [-0.2, -0.15) is 0 Å². The molecule has 2 N–H and O–H groups in total. The van der Waals surface area contributed by atoms with Crippen molar-refractivity contribution < 1.29 is 14.6 Å². The first-order valence-electron chi connectivity index (χ1n) is 6.54. The van der Waals surface area contributed by atoms with Crippen molar-refractivity contribution in [2.45, 2.75) is 18.9 Å². The molecule has 2 rings (SSSR count). The molecule has 1 aromatic rings. The molecule has 4 nitrogen and oxygen atoms in total. The van der Waals surface area contributed by atoms with Crippen LogP contribution in [0.2, 0.25) is 0 Å². The fourth-order valence-corrected chi connectivity index (χ4v) is 2.49. The van der Waals surface area contributed by atoms with Gasteiger partial charge >= 0.3 is 0 Å². The first-order chi connectivity index (χ1) is 9.30. The van der Waals surface area contributed by atoms with Crippen LogP contribution in [-0.2, 0) is 6.42 Å². The van der Waals surface area contributed by atoms with Crippen LogP contribution in [-0.4, -0.2) is 32.5 Å². The van der Waals surface area contributed by atoms with Gasteiger partial charge in [0, 0.05) is 6.04 Å². The highest BCUT2D eigenvalue weighted by molar-refractivity contribution is 5.49. The number of rotatable bonds is 5. The van der Waals surface area contributed by atoms with Crippen LogP contribution in [0.5, 0.6) is 11.5 Å². The zero-order valence-corrected chi connectivity index (χ0v) is 11.5. The molecule has 0 aliphatic carbocycles. The van der Waals surface area contributed by atoms with Gasteiger partial charge in [0.25, 0.3) is 0 Å². The lowest BCUT2D eigenvalue weighted by Crippen LogP contribution is -2.29. The van der Waals surface area contributed by atoms with Crippen LogP contribution in [0.1, 0.15) is 23.6 Å². The highest BCUT2D eigenvalue weighted by atomic mass is 16.5. The lowest BCUT2D eigenvalue weighted by molar-refractivity contribution is 0.342. The normalized spacial score (nSPS) is 18.4. The van der Waals surface area contributed by atoms with Crippen molar-refractivity contribution >= 4 is 0 Å². The lowest BCUT2D eigenvalue weighted by atomic mass is 9.91. The number of hydrogen-bond donors (Lipinski definition) is 2. The fourth-order valence-electron chi connectivity index (χ4n) is 2.49. The first-order valence-corrected chi connectivity index (χ1v) is 6.54.